The molecule has 31 heavy (non-hydrogen) atoms. The number of nitrogens with zero attached hydrogens (tertiary/aromatic N) is 3. The zero-order chi connectivity index (χ0) is 22.0. The maximum atomic E-state index is 13.0. The van der Waals surface area contributed by atoms with E-state index in [4.69, 9.17) is 16.3 Å². The summed E-state index contributed by atoms with van der Waals surface area (Å²) in [4.78, 5) is 6.10. The van der Waals surface area contributed by atoms with Crippen LogP contribution >= 0.6 is 23.4 Å². The molecule has 4 rings (SSSR count). The molecule has 0 unspecified atom stereocenters. The number of morpholine rings is 1. The van der Waals surface area contributed by atoms with Crippen LogP contribution in [-0.4, -0.2) is 54.8 Å². The molecule has 0 spiro atoms. The van der Waals surface area contributed by atoms with Gasteiger partial charge in [-0.1, -0.05) is 23.7 Å². The number of aromatic nitrogens is 2. The highest BCUT2D eigenvalue weighted by Crippen LogP contribution is 2.29. The normalized spacial score (nSPS) is 16.2. The van der Waals surface area contributed by atoms with Gasteiger partial charge in [-0.05, 0) is 55.2 Å². The van der Waals surface area contributed by atoms with Gasteiger partial charge in [0, 0.05) is 24.5 Å². The number of halogens is 1. The van der Waals surface area contributed by atoms with Crippen molar-refractivity contribution in [3.8, 4) is 0 Å². The largest absolute Gasteiger partial charge is 0.379 e. The molecule has 6 nitrogen and oxygen atoms in total. The Labute approximate surface area is 191 Å². The molecule has 1 aromatic heterocycles. The molecule has 3 aromatic rings. The predicted octanol–water partition coefficient (Wildman–Crippen LogP) is 4.54. The van der Waals surface area contributed by atoms with E-state index in [1.54, 1.807) is 30.0 Å². The number of fused-ring (bicyclic) bond motifs is 1. The minimum Gasteiger partial charge on any atom is -0.379 e. The fraction of sp³-hybridized carbons (Fsp3) is 0.318. The van der Waals surface area contributed by atoms with E-state index in [1.807, 2.05) is 48.1 Å². The molecule has 2 heterocycles. The van der Waals surface area contributed by atoms with Crippen molar-refractivity contribution < 1.29 is 13.2 Å². The zero-order valence-corrected chi connectivity index (χ0v) is 19.8. The highest BCUT2D eigenvalue weighted by Gasteiger charge is 2.27. The second-order valence-corrected chi connectivity index (χ2v) is 10.3. The number of thioether (sulfide) groups is 1. The lowest BCUT2D eigenvalue weighted by atomic mass is 10.2. The zero-order valence-electron chi connectivity index (χ0n) is 17.4. The smallest absolute Gasteiger partial charge is 0.243 e. The summed E-state index contributed by atoms with van der Waals surface area (Å²) in [7, 11) is -3.58. The average molecular weight is 478 g/mol. The molecule has 1 aliphatic rings. The monoisotopic (exact) mass is 477 g/mol. The van der Waals surface area contributed by atoms with Gasteiger partial charge in [0.25, 0.3) is 0 Å². The van der Waals surface area contributed by atoms with Crippen molar-refractivity contribution in [1.82, 2.24) is 13.9 Å². The molecule has 9 heteroatoms. The Bertz CT molecular complexity index is 1210. The lowest BCUT2D eigenvalue weighted by Crippen LogP contribution is -2.40. The molecule has 0 saturated carbocycles. The van der Waals surface area contributed by atoms with Crippen LogP contribution in [0.5, 0.6) is 0 Å². The summed E-state index contributed by atoms with van der Waals surface area (Å²) < 4.78 is 34.8. The Morgan fingerprint density at radius 2 is 1.90 bits per heavy atom. The maximum Gasteiger partial charge on any atom is 0.243 e. The SMILES string of the molecule is CCn1c(C(Cl)=Cc2ccc(SC)cc2)nc2cc(S(=O)(=O)N3CCOCC3)ccc21. The first kappa shape index (κ1) is 22.4. The minimum absolute atomic E-state index is 0.238. The molecule has 2 aromatic carbocycles. The number of benzene rings is 2. The van der Waals surface area contributed by atoms with Crippen LogP contribution in [0.4, 0.5) is 0 Å². The molecule has 0 atom stereocenters. The topological polar surface area (TPSA) is 64.4 Å². The number of ether oxygens (including phenoxy) is 1. The summed E-state index contributed by atoms with van der Waals surface area (Å²) in [5, 5.41) is 0.507. The Kier molecular flexibility index (Phi) is 6.74. The van der Waals surface area contributed by atoms with E-state index in [-0.39, 0.29) is 4.90 Å². The van der Waals surface area contributed by atoms with E-state index in [0.29, 0.717) is 49.2 Å². The average Bonchev–Trinajstić information content (AvgIpc) is 3.18. The summed E-state index contributed by atoms with van der Waals surface area (Å²) in [6.07, 6.45) is 3.92. The molecular weight excluding hydrogens is 454 g/mol. The molecule has 1 aliphatic heterocycles. The van der Waals surface area contributed by atoms with Gasteiger partial charge >= 0.3 is 0 Å². The van der Waals surface area contributed by atoms with Crippen LogP contribution in [0.1, 0.15) is 18.3 Å². The first-order valence-corrected chi connectivity index (χ1v) is 13.1. The highest BCUT2D eigenvalue weighted by atomic mass is 35.5. The van der Waals surface area contributed by atoms with Crippen LogP contribution in [0.2, 0.25) is 0 Å². The van der Waals surface area contributed by atoms with Gasteiger partial charge in [-0.15, -0.1) is 11.8 Å². The summed E-state index contributed by atoms with van der Waals surface area (Å²) in [5.41, 5.74) is 2.44. The van der Waals surface area contributed by atoms with Gasteiger partial charge in [-0.3, -0.25) is 0 Å². The van der Waals surface area contributed by atoms with Crippen molar-refractivity contribution in [1.29, 1.82) is 0 Å². The fourth-order valence-corrected chi connectivity index (χ4v) is 5.73. The maximum absolute atomic E-state index is 13.0. The molecule has 1 saturated heterocycles. The molecule has 0 amide bonds. The number of sulfonamides is 1. The van der Waals surface area contributed by atoms with Crippen LogP contribution in [0, 0.1) is 0 Å². The summed E-state index contributed by atoms with van der Waals surface area (Å²) in [6.45, 7) is 4.22. The standard InChI is InChI=1S/C22H24ClN3O3S2/c1-3-26-21-9-8-18(31(27,28)25-10-12-29-13-11-25)15-20(21)24-22(26)19(23)14-16-4-6-17(30-2)7-5-16/h4-9,14-15H,3,10-13H2,1-2H3. The quantitative estimate of drug-likeness (QED) is 0.488. The van der Waals surface area contributed by atoms with Crippen molar-refractivity contribution in [2.24, 2.45) is 0 Å². The predicted molar refractivity (Wildman–Crippen MR) is 127 cm³/mol. The van der Waals surface area contributed by atoms with Crippen molar-refractivity contribution in [3.05, 3.63) is 53.9 Å². The molecule has 0 N–H and O–H groups in total. The number of hydrogen-bond acceptors (Lipinski definition) is 5. The second kappa shape index (κ2) is 9.34. The van der Waals surface area contributed by atoms with Crippen molar-refractivity contribution in [2.45, 2.75) is 23.3 Å². The number of imidazole rings is 1. The van der Waals surface area contributed by atoms with Crippen LogP contribution in [0.25, 0.3) is 22.1 Å². The number of aryl methyl sites for hydroxylation is 1. The van der Waals surface area contributed by atoms with E-state index in [0.717, 1.165) is 11.1 Å². The van der Waals surface area contributed by atoms with Crippen molar-refractivity contribution in [2.75, 3.05) is 32.6 Å². The molecule has 0 radical (unpaired) electrons. The highest BCUT2D eigenvalue weighted by molar-refractivity contribution is 7.98. The van der Waals surface area contributed by atoms with E-state index in [2.05, 4.69) is 4.98 Å². The summed E-state index contributed by atoms with van der Waals surface area (Å²) >= 11 is 8.34. The van der Waals surface area contributed by atoms with Crippen LogP contribution in [0.3, 0.4) is 0 Å². The third kappa shape index (κ3) is 4.54. The van der Waals surface area contributed by atoms with Crippen molar-refractivity contribution >= 4 is 55.5 Å². The van der Waals surface area contributed by atoms with Gasteiger partial charge in [-0.25, -0.2) is 13.4 Å². The molecular formula is C22H24ClN3O3S2. The molecule has 164 valence electrons. The minimum atomic E-state index is -3.58. The fourth-order valence-electron chi connectivity index (χ4n) is 3.62. The molecule has 1 fully saturated rings. The molecule has 0 aliphatic carbocycles. The third-order valence-corrected chi connectivity index (χ3v) is 8.18. The van der Waals surface area contributed by atoms with Crippen LogP contribution in [-0.2, 0) is 21.3 Å². The van der Waals surface area contributed by atoms with Gasteiger partial charge in [0.2, 0.25) is 10.0 Å². The third-order valence-electron chi connectivity index (χ3n) is 5.27. The van der Waals surface area contributed by atoms with Crippen molar-refractivity contribution in [3.63, 3.8) is 0 Å². The Morgan fingerprint density at radius 3 is 2.55 bits per heavy atom. The lowest BCUT2D eigenvalue weighted by molar-refractivity contribution is 0.0730. The first-order chi connectivity index (χ1) is 14.9. The van der Waals surface area contributed by atoms with E-state index < -0.39 is 10.0 Å². The summed E-state index contributed by atoms with van der Waals surface area (Å²) in [6, 6.07) is 13.2. The van der Waals surface area contributed by atoms with E-state index in [9.17, 15) is 8.42 Å². The van der Waals surface area contributed by atoms with E-state index >= 15 is 0 Å². The second-order valence-electron chi connectivity index (χ2n) is 7.11. The van der Waals surface area contributed by atoms with Gasteiger partial charge in [0.05, 0.1) is 34.2 Å². The lowest BCUT2D eigenvalue weighted by Gasteiger charge is -2.26. The number of hydrogen-bond donors (Lipinski definition) is 0. The Balaban J connectivity index is 1.72. The van der Waals surface area contributed by atoms with Crippen LogP contribution < -0.4 is 0 Å². The number of rotatable bonds is 6. The Hall–Kier alpha value is -1.84. The first-order valence-electron chi connectivity index (χ1n) is 10.0. The van der Waals surface area contributed by atoms with Gasteiger partial charge in [-0.2, -0.15) is 4.31 Å². The summed E-state index contributed by atoms with van der Waals surface area (Å²) in [5.74, 6) is 0.619. The van der Waals surface area contributed by atoms with E-state index in [1.165, 1.54) is 9.20 Å². The molecule has 0 bridgehead atoms. The van der Waals surface area contributed by atoms with Gasteiger partial charge in [0.15, 0.2) is 5.82 Å². The van der Waals surface area contributed by atoms with Gasteiger partial charge < -0.3 is 9.30 Å². The Morgan fingerprint density at radius 1 is 1.19 bits per heavy atom. The van der Waals surface area contributed by atoms with Crippen LogP contribution in [0.15, 0.2) is 52.3 Å². The van der Waals surface area contributed by atoms with Gasteiger partial charge in [0.1, 0.15) is 0 Å².